The molecule has 114 valence electrons. The minimum Gasteiger partial charge on any atom is -0.492 e. The normalized spacial score (nSPS) is 11.6. The topological polar surface area (TPSA) is 81.4 Å². The summed E-state index contributed by atoms with van der Waals surface area (Å²) in [5.41, 5.74) is 1.43. The van der Waals surface area contributed by atoms with Crippen molar-refractivity contribution in [1.82, 2.24) is 9.88 Å². The first-order valence-corrected chi connectivity index (χ1v) is 8.00. The van der Waals surface area contributed by atoms with E-state index in [0.717, 1.165) is 5.56 Å². The molecule has 0 fully saturated rings. The molecule has 0 aliphatic rings. The molecule has 1 aromatic carbocycles. The minimum atomic E-state index is -3.63. The maximum Gasteiger partial charge on any atom is 0.246 e. The summed E-state index contributed by atoms with van der Waals surface area (Å²) in [6.07, 6.45) is 0. The van der Waals surface area contributed by atoms with E-state index in [4.69, 9.17) is 9.26 Å². The molecule has 2 aromatic rings. The molecule has 2 rings (SSSR count). The van der Waals surface area contributed by atoms with Crippen LogP contribution in [0.5, 0.6) is 5.75 Å². The van der Waals surface area contributed by atoms with Gasteiger partial charge in [-0.05, 0) is 38.5 Å². The van der Waals surface area contributed by atoms with E-state index in [9.17, 15) is 8.42 Å². The molecular formula is C14H18N2O4S. The van der Waals surface area contributed by atoms with E-state index in [0.29, 0.717) is 11.4 Å². The third-order valence-electron chi connectivity index (χ3n) is 2.89. The third kappa shape index (κ3) is 3.83. The Morgan fingerprint density at radius 2 is 2.05 bits per heavy atom. The van der Waals surface area contributed by atoms with Crippen molar-refractivity contribution in [2.75, 3.05) is 13.2 Å². The average molecular weight is 310 g/mol. The first-order chi connectivity index (χ1) is 9.90. The van der Waals surface area contributed by atoms with Gasteiger partial charge in [0.05, 0.1) is 0 Å². The summed E-state index contributed by atoms with van der Waals surface area (Å²) in [4.78, 5) is 0.0954. The highest BCUT2D eigenvalue weighted by Crippen LogP contribution is 2.18. The van der Waals surface area contributed by atoms with Crippen LogP contribution in [-0.4, -0.2) is 26.7 Å². The van der Waals surface area contributed by atoms with Gasteiger partial charge < -0.3 is 9.26 Å². The van der Waals surface area contributed by atoms with E-state index in [1.54, 1.807) is 13.8 Å². The van der Waals surface area contributed by atoms with Gasteiger partial charge in [0.2, 0.25) is 10.0 Å². The predicted octanol–water partition coefficient (Wildman–Crippen LogP) is 1.96. The summed E-state index contributed by atoms with van der Waals surface area (Å²) >= 11 is 0. The van der Waals surface area contributed by atoms with Gasteiger partial charge in [-0.1, -0.05) is 17.3 Å². The summed E-state index contributed by atoms with van der Waals surface area (Å²) in [5.74, 6) is 0.992. The van der Waals surface area contributed by atoms with Crippen LogP contribution in [0.15, 0.2) is 33.7 Å². The van der Waals surface area contributed by atoms with Crippen LogP contribution < -0.4 is 9.46 Å². The molecule has 0 bridgehead atoms. The van der Waals surface area contributed by atoms with Crippen molar-refractivity contribution >= 4 is 10.0 Å². The zero-order valence-electron chi connectivity index (χ0n) is 12.2. The lowest BCUT2D eigenvalue weighted by atomic mass is 10.2. The second-order valence-electron chi connectivity index (χ2n) is 4.72. The lowest BCUT2D eigenvalue weighted by molar-refractivity contribution is 0.322. The highest BCUT2D eigenvalue weighted by atomic mass is 32.2. The van der Waals surface area contributed by atoms with Crippen molar-refractivity contribution in [3.63, 3.8) is 0 Å². The fourth-order valence-electron chi connectivity index (χ4n) is 1.98. The van der Waals surface area contributed by atoms with E-state index in [-0.39, 0.29) is 23.8 Å². The molecule has 21 heavy (non-hydrogen) atoms. The molecule has 6 nitrogen and oxygen atoms in total. The van der Waals surface area contributed by atoms with E-state index >= 15 is 0 Å². The van der Waals surface area contributed by atoms with Crippen LogP contribution in [0.25, 0.3) is 0 Å². The third-order valence-corrected chi connectivity index (χ3v) is 4.59. The predicted molar refractivity (Wildman–Crippen MR) is 77.8 cm³/mol. The summed E-state index contributed by atoms with van der Waals surface area (Å²) in [7, 11) is -3.63. The Labute approximate surface area is 124 Å². The maximum atomic E-state index is 12.1. The van der Waals surface area contributed by atoms with Crippen LogP contribution in [-0.2, 0) is 10.0 Å². The maximum absolute atomic E-state index is 12.1. The molecule has 1 N–H and O–H groups in total. The zero-order chi connectivity index (χ0) is 15.5. The van der Waals surface area contributed by atoms with Gasteiger partial charge in [0.15, 0.2) is 5.76 Å². The highest BCUT2D eigenvalue weighted by Gasteiger charge is 2.23. The number of nitrogens with zero attached hydrogens (tertiary/aromatic N) is 1. The van der Waals surface area contributed by atoms with E-state index < -0.39 is 10.0 Å². The second-order valence-corrected chi connectivity index (χ2v) is 6.42. The molecule has 7 heteroatoms. The number of hydrogen-bond acceptors (Lipinski definition) is 5. The molecule has 0 spiro atoms. The van der Waals surface area contributed by atoms with Crippen molar-refractivity contribution in [2.45, 2.75) is 25.7 Å². The Kier molecular flexibility index (Phi) is 4.64. The van der Waals surface area contributed by atoms with Crippen molar-refractivity contribution in [2.24, 2.45) is 0 Å². The van der Waals surface area contributed by atoms with Gasteiger partial charge in [-0.2, -0.15) is 0 Å². The molecule has 0 saturated carbocycles. The monoisotopic (exact) mass is 310 g/mol. The van der Waals surface area contributed by atoms with Crippen LogP contribution in [0, 0.1) is 20.8 Å². The average Bonchev–Trinajstić information content (AvgIpc) is 2.75. The fourth-order valence-corrected chi connectivity index (χ4v) is 3.32. The Morgan fingerprint density at radius 1 is 1.29 bits per heavy atom. The van der Waals surface area contributed by atoms with E-state index in [1.807, 2.05) is 31.2 Å². The summed E-state index contributed by atoms with van der Waals surface area (Å²) in [6, 6.07) is 7.57. The molecule has 0 aliphatic carbocycles. The van der Waals surface area contributed by atoms with Gasteiger partial charge in [0, 0.05) is 6.54 Å². The molecule has 0 radical (unpaired) electrons. The largest absolute Gasteiger partial charge is 0.492 e. The Hall–Kier alpha value is -1.86. The number of nitrogens with one attached hydrogen (secondary N) is 1. The van der Waals surface area contributed by atoms with Gasteiger partial charge in [-0.15, -0.1) is 0 Å². The lowest BCUT2D eigenvalue weighted by Gasteiger charge is -2.08. The molecule has 0 atom stereocenters. The number of ether oxygens (including phenoxy) is 1. The van der Waals surface area contributed by atoms with Crippen molar-refractivity contribution in [1.29, 1.82) is 0 Å². The van der Waals surface area contributed by atoms with Gasteiger partial charge in [-0.3, -0.25) is 0 Å². The van der Waals surface area contributed by atoms with Crippen LogP contribution in [0.3, 0.4) is 0 Å². The summed E-state index contributed by atoms with van der Waals surface area (Å²) in [5, 5.41) is 3.64. The summed E-state index contributed by atoms with van der Waals surface area (Å²) < 4.78 is 37.1. The Balaban J connectivity index is 1.91. The number of aromatic nitrogens is 1. The van der Waals surface area contributed by atoms with Gasteiger partial charge >= 0.3 is 0 Å². The zero-order valence-corrected chi connectivity index (χ0v) is 13.0. The number of hydrogen-bond donors (Lipinski definition) is 1. The summed E-state index contributed by atoms with van der Waals surface area (Å²) in [6.45, 7) is 5.53. The highest BCUT2D eigenvalue weighted by molar-refractivity contribution is 7.89. The Bertz CT molecular complexity index is 703. The number of aryl methyl sites for hydroxylation is 3. The van der Waals surface area contributed by atoms with Gasteiger partial charge in [0.1, 0.15) is 22.9 Å². The first kappa shape index (κ1) is 15.5. The number of sulfonamides is 1. The first-order valence-electron chi connectivity index (χ1n) is 6.52. The van der Waals surface area contributed by atoms with Crippen LogP contribution in [0.4, 0.5) is 0 Å². The van der Waals surface area contributed by atoms with Crippen molar-refractivity contribution in [3.05, 3.63) is 41.3 Å². The molecule has 1 aromatic heterocycles. The van der Waals surface area contributed by atoms with Crippen molar-refractivity contribution < 1.29 is 17.7 Å². The van der Waals surface area contributed by atoms with Crippen LogP contribution >= 0.6 is 0 Å². The van der Waals surface area contributed by atoms with E-state index in [1.165, 1.54) is 0 Å². The molecule has 0 saturated heterocycles. The van der Waals surface area contributed by atoms with Crippen molar-refractivity contribution in [3.8, 4) is 5.75 Å². The second kappa shape index (κ2) is 6.28. The fraction of sp³-hybridized carbons (Fsp3) is 0.357. The van der Waals surface area contributed by atoms with Crippen LogP contribution in [0.2, 0.25) is 0 Å². The number of rotatable bonds is 6. The van der Waals surface area contributed by atoms with E-state index in [2.05, 4.69) is 9.88 Å². The Morgan fingerprint density at radius 3 is 2.67 bits per heavy atom. The standard InChI is InChI=1S/C14H18N2O4S/c1-10-5-4-6-13(9-10)19-8-7-15-21(17,18)14-11(2)16-20-12(14)3/h4-6,9,15H,7-8H2,1-3H3. The smallest absolute Gasteiger partial charge is 0.246 e. The quantitative estimate of drug-likeness (QED) is 0.825. The van der Waals surface area contributed by atoms with Gasteiger partial charge in [-0.25, -0.2) is 13.1 Å². The molecule has 0 unspecified atom stereocenters. The molecule has 1 heterocycles. The molecular weight excluding hydrogens is 292 g/mol. The lowest BCUT2D eigenvalue weighted by Crippen LogP contribution is -2.29. The number of benzene rings is 1. The minimum absolute atomic E-state index is 0.0954. The van der Waals surface area contributed by atoms with Gasteiger partial charge in [0.25, 0.3) is 0 Å². The van der Waals surface area contributed by atoms with Crippen LogP contribution in [0.1, 0.15) is 17.0 Å². The molecule has 0 amide bonds. The molecule has 0 aliphatic heterocycles. The SMILES string of the molecule is Cc1cccc(OCCNS(=O)(=O)c2c(C)noc2C)c1.